The summed E-state index contributed by atoms with van der Waals surface area (Å²) in [6.07, 6.45) is 4.89. The van der Waals surface area contributed by atoms with Gasteiger partial charge < -0.3 is 4.90 Å². The van der Waals surface area contributed by atoms with Crippen molar-refractivity contribution < 1.29 is 0 Å². The van der Waals surface area contributed by atoms with Gasteiger partial charge >= 0.3 is 0 Å². The maximum Gasteiger partial charge on any atom is 0.00410 e. The zero-order chi connectivity index (χ0) is 10.7. The number of allylic oxidation sites excluding steroid dienone is 2. The molecule has 1 heteroatoms. The molecule has 1 rings (SSSR count). The fourth-order valence-electron chi connectivity index (χ4n) is 2.18. The largest absolute Gasteiger partial charge is 0.309 e. The molecule has 0 spiro atoms. The number of hydrogen-bond donors (Lipinski definition) is 0. The van der Waals surface area contributed by atoms with Gasteiger partial charge in [0.2, 0.25) is 0 Å². The summed E-state index contributed by atoms with van der Waals surface area (Å²) in [6, 6.07) is 0. The summed E-state index contributed by atoms with van der Waals surface area (Å²) in [5.41, 5.74) is 2.91. The second-order valence-electron chi connectivity index (χ2n) is 4.92. The fraction of sp³-hybridized carbons (Fsp3) is 0.692. The minimum Gasteiger partial charge on any atom is -0.309 e. The van der Waals surface area contributed by atoms with Crippen LogP contribution in [0.5, 0.6) is 0 Å². The van der Waals surface area contributed by atoms with Gasteiger partial charge in [-0.25, -0.2) is 0 Å². The normalized spacial score (nSPS) is 27.6. The van der Waals surface area contributed by atoms with E-state index in [9.17, 15) is 0 Å². The molecule has 2 unspecified atom stereocenters. The summed E-state index contributed by atoms with van der Waals surface area (Å²) in [6.45, 7) is 9.67. The molecule has 0 bridgehead atoms. The van der Waals surface area contributed by atoms with Crippen LogP contribution in [0.1, 0.15) is 26.7 Å². The lowest BCUT2D eigenvalue weighted by Gasteiger charge is -2.30. The molecule has 0 aromatic heterocycles. The first-order valence-electron chi connectivity index (χ1n) is 5.47. The quantitative estimate of drug-likeness (QED) is 0.623. The van der Waals surface area contributed by atoms with Gasteiger partial charge in [0.1, 0.15) is 0 Å². The van der Waals surface area contributed by atoms with Gasteiger partial charge in [-0.05, 0) is 52.6 Å². The van der Waals surface area contributed by atoms with Crippen LogP contribution in [-0.2, 0) is 0 Å². The number of nitrogens with zero attached hydrogens (tertiary/aromatic N) is 1. The Hall–Kier alpha value is -0.560. The van der Waals surface area contributed by atoms with Gasteiger partial charge in [-0.3, -0.25) is 0 Å². The Labute approximate surface area is 88.5 Å². The van der Waals surface area contributed by atoms with Gasteiger partial charge in [0.05, 0.1) is 0 Å². The molecule has 0 radical (unpaired) electrons. The van der Waals surface area contributed by atoms with Gasteiger partial charge in [0.25, 0.3) is 0 Å². The van der Waals surface area contributed by atoms with Gasteiger partial charge in [-0.2, -0.15) is 0 Å². The Balaban J connectivity index is 2.62. The van der Waals surface area contributed by atoms with E-state index in [4.69, 9.17) is 0 Å². The lowest BCUT2D eigenvalue weighted by atomic mass is 9.79. The second-order valence-corrected chi connectivity index (χ2v) is 4.92. The highest BCUT2D eigenvalue weighted by molar-refractivity contribution is 5.14. The van der Waals surface area contributed by atoms with Crippen LogP contribution in [0.3, 0.4) is 0 Å². The van der Waals surface area contributed by atoms with Crippen molar-refractivity contribution in [1.29, 1.82) is 0 Å². The molecule has 0 fully saturated rings. The van der Waals surface area contributed by atoms with Crippen LogP contribution in [0.25, 0.3) is 0 Å². The Morgan fingerprint density at radius 2 is 2.21 bits per heavy atom. The van der Waals surface area contributed by atoms with E-state index in [1.807, 2.05) is 0 Å². The molecular weight excluding hydrogens is 170 g/mol. The summed E-state index contributed by atoms with van der Waals surface area (Å²) in [4.78, 5) is 2.28. The maximum absolute atomic E-state index is 4.07. The topological polar surface area (TPSA) is 3.24 Å². The molecule has 80 valence electrons. The lowest BCUT2D eigenvalue weighted by Crippen LogP contribution is -2.26. The zero-order valence-electron chi connectivity index (χ0n) is 10.0. The van der Waals surface area contributed by atoms with Crippen molar-refractivity contribution in [2.75, 3.05) is 20.6 Å². The van der Waals surface area contributed by atoms with Gasteiger partial charge in [0, 0.05) is 6.54 Å². The molecule has 0 aromatic rings. The van der Waals surface area contributed by atoms with E-state index in [1.165, 1.54) is 25.0 Å². The molecule has 0 aliphatic heterocycles. The number of hydrogen-bond acceptors (Lipinski definition) is 1. The van der Waals surface area contributed by atoms with Crippen LogP contribution >= 0.6 is 0 Å². The average Bonchev–Trinajstić information content (AvgIpc) is 2.07. The monoisotopic (exact) mass is 193 g/mol. The highest BCUT2D eigenvalue weighted by Gasteiger charge is 2.22. The zero-order valence-corrected chi connectivity index (χ0v) is 10.0. The van der Waals surface area contributed by atoms with Crippen LogP contribution in [0.2, 0.25) is 0 Å². The van der Waals surface area contributed by atoms with E-state index >= 15 is 0 Å². The standard InChI is InChI=1S/C13H23N/c1-10(2)12-7-6-11(3)13(8-12)9-14(4)5/h6,12-13H,1,7-9H2,2-5H3. The molecular formula is C13H23N. The van der Waals surface area contributed by atoms with Crippen LogP contribution in [0.4, 0.5) is 0 Å². The van der Waals surface area contributed by atoms with E-state index in [0.29, 0.717) is 5.92 Å². The summed E-state index contributed by atoms with van der Waals surface area (Å²) in [5.74, 6) is 1.45. The Bertz CT molecular complexity index is 238. The highest BCUT2D eigenvalue weighted by Crippen LogP contribution is 2.32. The molecule has 1 aliphatic carbocycles. The first-order valence-corrected chi connectivity index (χ1v) is 5.47. The summed E-state index contributed by atoms with van der Waals surface area (Å²) >= 11 is 0. The highest BCUT2D eigenvalue weighted by atomic mass is 15.1. The van der Waals surface area contributed by atoms with E-state index < -0.39 is 0 Å². The molecule has 0 saturated heterocycles. The second kappa shape index (κ2) is 4.79. The van der Waals surface area contributed by atoms with E-state index in [-0.39, 0.29) is 0 Å². The van der Waals surface area contributed by atoms with Crippen molar-refractivity contribution in [1.82, 2.24) is 4.90 Å². The van der Waals surface area contributed by atoms with E-state index in [0.717, 1.165) is 5.92 Å². The van der Waals surface area contributed by atoms with Crippen LogP contribution in [0, 0.1) is 11.8 Å². The minimum atomic E-state index is 0.712. The van der Waals surface area contributed by atoms with Crippen molar-refractivity contribution >= 4 is 0 Å². The van der Waals surface area contributed by atoms with Crippen molar-refractivity contribution in [3.05, 3.63) is 23.8 Å². The maximum atomic E-state index is 4.07. The van der Waals surface area contributed by atoms with Crippen LogP contribution in [0.15, 0.2) is 23.8 Å². The molecule has 0 aromatic carbocycles. The summed E-state index contributed by atoms with van der Waals surface area (Å²) in [7, 11) is 4.30. The Kier molecular flexibility index (Phi) is 3.94. The minimum absolute atomic E-state index is 0.712. The Morgan fingerprint density at radius 1 is 1.57 bits per heavy atom. The SMILES string of the molecule is C=C(C)C1CC=C(C)C(CN(C)C)C1. The van der Waals surface area contributed by atoms with Crippen molar-refractivity contribution in [3.63, 3.8) is 0 Å². The summed E-state index contributed by atoms with van der Waals surface area (Å²) in [5, 5.41) is 0. The third kappa shape index (κ3) is 2.98. The molecule has 14 heavy (non-hydrogen) atoms. The fourth-order valence-corrected chi connectivity index (χ4v) is 2.18. The van der Waals surface area contributed by atoms with Crippen molar-refractivity contribution in [2.24, 2.45) is 11.8 Å². The first kappa shape index (κ1) is 11.5. The first-order chi connectivity index (χ1) is 6.50. The Morgan fingerprint density at radius 3 is 2.71 bits per heavy atom. The van der Waals surface area contributed by atoms with Crippen LogP contribution < -0.4 is 0 Å². The molecule has 1 aliphatic rings. The third-order valence-corrected chi connectivity index (χ3v) is 3.22. The molecule has 0 N–H and O–H groups in total. The molecule has 0 amide bonds. The van der Waals surface area contributed by atoms with Gasteiger partial charge in [0.15, 0.2) is 0 Å². The van der Waals surface area contributed by atoms with Gasteiger partial charge in [-0.15, -0.1) is 0 Å². The smallest absolute Gasteiger partial charge is 0.00410 e. The summed E-state index contributed by atoms with van der Waals surface area (Å²) < 4.78 is 0. The van der Waals surface area contributed by atoms with Crippen molar-refractivity contribution in [2.45, 2.75) is 26.7 Å². The molecule has 1 nitrogen and oxygen atoms in total. The van der Waals surface area contributed by atoms with E-state index in [1.54, 1.807) is 5.57 Å². The predicted octanol–water partition coefficient (Wildman–Crippen LogP) is 3.10. The lowest BCUT2D eigenvalue weighted by molar-refractivity contribution is 0.306. The van der Waals surface area contributed by atoms with Crippen molar-refractivity contribution in [3.8, 4) is 0 Å². The third-order valence-electron chi connectivity index (χ3n) is 3.22. The molecule has 0 heterocycles. The molecule has 0 saturated carbocycles. The van der Waals surface area contributed by atoms with Gasteiger partial charge in [-0.1, -0.05) is 23.8 Å². The number of rotatable bonds is 3. The van der Waals surface area contributed by atoms with E-state index in [2.05, 4.69) is 45.5 Å². The predicted molar refractivity (Wildman–Crippen MR) is 63.3 cm³/mol. The molecule has 2 atom stereocenters. The average molecular weight is 193 g/mol. The van der Waals surface area contributed by atoms with Crippen LogP contribution in [-0.4, -0.2) is 25.5 Å².